The zero-order valence-electron chi connectivity index (χ0n) is 15.6. The second-order valence-corrected chi connectivity index (χ2v) is 6.30. The molecule has 0 atom stereocenters. The molecule has 2 N–H and O–H groups in total. The molecular formula is C20H18N4O5. The van der Waals surface area contributed by atoms with Crippen molar-refractivity contribution in [3.05, 3.63) is 80.8 Å². The number of anilines is 1. The molecule has 1 heterocycles. The van der Waals surface area contributed by atoms with Gasteiger partial charge >= 0.3 is 0 Å². The second kappa shape index (κ2) is 7.93. The first kappa shape index (κ1) is 19.7. The highest BCUT2D eigenvalue weighted by molar-refractivity contribution is 6.03. The van der Waals surface area contributed by atoms with E-state index in [4.69, 9.17) is 5.73 Å². The van der Waals surface area contributed by atoms with Gasteiger partial charge in [-0.05, 0) is 18.4 Å². The molecule has 9 heteroatoms. The molecule has 0 radical (unpaired) electrons. The average molecular weight is 394 g/mol. The van der Waals surface area contributed by atoms with Crippen molar-refractivity contribution in [2.75, 3.05) is 11.4 Å². The molecule has 2 aromatic carbocycles. The summed E-state index contributed by atoms with van der Waals surface area (Å²) < 4.78 is 0.842. The van der Waals surface area contributed by atoms with Gasteiger partial charge in [0.25, 0.3) is 17.2 Å². The van der Waals surface area contributed by atoms with E-state index in [1.807, 2.05) is 36.4 Å². The smallest absolute Gasteiger partial charge is 0.286 e. The molecule has 3 rings (SSSR count). The fourth-order valence-electron chi connectivity index (χ4n) is 3.17. The summed E-state index contributed by atoms with van der Waals surface area (Å²) in [5, 5.41) is 12.9. The maximum Gasteiger partial charge on any atom is 0.286 e. The molecule has 0 saturated heterocycles. The third kappa shape index (κ3) is 3.84. The van der Waals surface area contributed by atoms with E-state index < -0.39 is 40.1 Å². The molecule has 0 saturated carbocycles. The summed E-state index contributed by atoms with van der Waals surface area (Å²) in [6.07, 6.45) is 0.934. The number of carbonyl (C=O) groups is 2. The molecule has 0 aliphatic rings. The van der Waals surface area contributed by atoms with Crippen LogP contribution in [0.25, 0.3) is 10.8 Å². The molecule has 2 amide bonds. The predicted molar refractivity (Wildman–Crippen MR) is 108 cm³/mol. The second-order valence-electron chi connectivity index (χ2n) is 6.30. The van der Waals surface area contributed by atoms with E-state index in [-0.39, 0.29) is 0 Å². The van der Waals surface area contributed by atoms with Crippen molar-refractivity contribution in [1.29, 1.82) is 0 Å². The Morgan fingerprint density at radius 1 is 1.17 bits per heavy atom. The summed E-state index contributed by atoms with van der Waals surface area (Å²) >= 11 is 0. The van der Waals surface area contributed by atoms with Gasteiger partial charge in [0.05, 0.1) is 16.8 Å². The monoisotopic (exact) mass is 394 g/mol. The lowest BCUT2D eigenvalue weighted by atomic mass is 10.1. The summed E-state index contributed by atoms with van der Waals surface area (Å²) in [5.41, 5.74) is 3.91. The number of nitrogens with two attached hydrogens (primary N) is 1. The number of carbonyl (C=O) groups excluding carboxylic acids is 2. The molecule has 1 aromatic heterocycles. The first-order chi connectivity index (χ1) is 13.8. The quantitative estimate of drug-likeness (QED) is 0.505. The first-order valence-electron chi connectivity index (χ1n) is 8.80. The number of nitro groups is 1. The van der Waals surface area contributed by atoms with E-state index in [9.17, 15) is 24.5 Å². The lowest BCUT2D eigenvalue weighted by molar-refractivity contribution is -0.385. The number of aromatic nitrogens is 1. The summed E-state index contributed by atoms with van der Waals surface area (Å²) in [7, 11) is 0. The van der Waals surface area contributed by atoms with Gasteiger partial charge in [-0.3, -0.25) is 29.1 Å². The van der Waals surface area contributed by atoms with Crippen molar-refractivity contribution in [2.24, 2.45) is 5.73 Å². The topological polar surface area (TPSA) is 129 Å². The fourth-order valence-corrected chi connectivity index (χ4v) is 3.17. The van der Waals surface area contributed by atoms with Crippen LogP contribution in [0.5, 0.6) is 0 Å². The molecule has 0 bridgehead atoms. The highest BCUT2D eigenvalue weighted by Crippen LogP contribution is 2.27. The normalized spacial score (nSPS) is 10.7. The minimum Gasteiger partial charge on any atom is -0.365 e. The molecule has 9 nitrogen and oxygen atoms in total. The van der Waals surface area contributed by atoms with Crippen molar-refractivity contribution in [1.82, 2.24) is 4.57 Å². The molecule has 0 spiro atoms. The van der Waals surface area contributed by atoms with E-state index in [1.54, 1.807) is 13.0 Å². The Hall–Kier alpha value is -4.01. The van der Waals surface area contributed by atoms with Crippen LogP contribution < -0.4 is 16.2 Å². The van der Waals surface area contributed by atoms with Crippen LogP contribution in [0.1, 0.15) is 17.3 Å². The van der Waals surface area contributed by atoms with Crippen molar-refractivity contribution < 1.29 is 14.5 Å². The van der Waals surface area contributed by atoms with Crippen molar-refractivity contribution >= 4 is 34.0 Å². The number of nitrogens with zero attached hydrogens (tertiary/aromatic N) is 3. The maximum absolute atomic E-state index is 13.0. The van der Waals surface area contributed by atoms with Crippen LogP contribution in [-0.4, -0.2) is 27.8 Å². The molecule has 29 heavy (non-hydrogen) atoms. The highest BCUT2D eigenvalue weighted by Gasteiger charge is 2.21. The summed E-state index contributed by atoms with van der Waals surface area (Å²) in [6.45, 7) is 1.63. The zero-order chi connectivity index (χ0) is 21.1. The first-order valence-corrected chi connectivity index (χ1v) is 8.80. The van der Waals surface area contributed by atoms with Gasteiger partial charge in [0, 0.05) is 18.0 Å². The van der Waals surface area contributed by atoms with E-state index in [1.165, 1.54) is 4.90 Å². The number of likely N-dealkylation sites (N-methyl/N-ethyl adjacent to an activating group) is 1. The van der Waals surface area contributed by atoms with Gasteiger partial charge in [0.1, 0.15) is 12.1 Å². The molecule has 3 aromatic rings. The SMILES string of the molecule is CCN(C(=O)Cn1cc([N+](=O)[O-])cc(C(N)=O)c1=O)c1cccc2ccccc12. The maximum atomic E-state index is 13.0. The van der Waals surface area contributed by atoms with Crippen molar-refractivity contribution in [3.8, 4) is 0 Å². The Labute approximate surface area is 165 Å². The Kier molecular flexibility index (Phi) is 5.40. The van der Waals surface area contributed by atoms with Gasteiger partial charge in [-0.15, -0.1) is 0 Å². The number of fused-ring (bicyclic) bond motifs is 1. The third-order valence-corrected chi connectivity index (χ3v) is 4.53. The van der Waals surface area contributed by atoms with Crippen LogP contribution in [-0.2, 0) is 11.3 Å². The number of hydrogen-bond acceptors (Lipinski definition) is 5. The van der Waals surface area contributed by atoms with Crippen molar-refractivity contribution in [2.45, 2.75) is 13.5 Å². The van der Waals surface area contributed by atoms with E-state index in [0.717, 1.165) is 27.6 Å². The minimum absolute atomic E-state index is 0.319. The lowest BCUT2D eigenvalue weighted by Gasteiger charge is -2.23. The summed E-state index contributed by atoms with van der Waals surface area (Å²) in [6, 6.07) is 13.9. The average Bonchev–Trinajstić information content (AvgIpc) is 2.69. The Balaban J connectivity index is 2.03. The van der Waals surface area contributed by atoms with Crippen LogP contribution in [0.2, 0.25) is 0 Å². The van der Waals surface area contributed by atoms with Crippen LogP contribution in [0.4, 0.5) is 11.4 Å². The Bertz CT molecular complexity index is 1180. The largest absolute Gasteiger partial charge is 0.365 e. The standard InChI is InChI=1S/C20H18N4O5/c1-2-23(17-9-5-7-13-6-3-4-8-15(13)17)18(25)12-22-11-14(24(28)29)10-16(19(21)26)20(22)27/h3-11H,2,12H2,1H3,(H2,21,26). The summed E-state index contributed by atoms with van der Waals surface area (Å²) in [4.78, 5) is 48.8. The molecule has 148 valence electrons. The number of amides is 2. The fraction of sp³-hybridized carbons (Fsp3) is 0.150. The summed E-state index contributed by atoms with van der Waals surface area (Å²) in [5.74, 6) is -1.55. The van der Waals surface area contributed by atoms with Crippen LogP contribution in [0.15, 0.2) is 59.5 Å². The highest BCUT2D eigenvalue weighted by atomic mass is 16.6. The van der Waals surface area contributed by atoms with Gasteiger partial charge < -0.3 is 10.6 Å². The van der Waals surface area contributed by atoms with E-state index in [0.29, 0.717) is 12.2 Å². The number of hydrogen-bond donors (Lipinski definition) is 1. The number of rotatable bonds is 6. The molecular weight excluding hydrogens is 376 g/mol. The van der Waals surface area contributed by atoms with E-state index in [2.05, 4.69) is 0 Å². The number of primary amides is 1. The van der Waals surface area contributed by atoms with Crippen LogP contribution in [0.3, 0.4) is 0 Å². The van der Waals surface area contributed by atoms with Crippen molar-refractivity contribution in [3.63, 3.8) is 0 Å². The number of benzene rings is 2. The molecule has 0 aliphatic carbocycles. The molecule has 0 aliphatic heterocycles. The predicted octanol–water partition coefficient (Wildman–Crippen LogP) is 2.06. The molecule has 0 fully saturated rings. The van der Waals surface area contributed by atoms with Gasteiger partial charge in [0.15, 0.2) is 0 Å². The van der Waals surface area contributed by atoms with Gasteiger partial charge in [-0.25, -0.2) is 0 Å². The van der Waals surface area contributed by atoms with Crippen LogP contribution in [0, 0.1) is 10.1 Å². The van der Waals surface area contributed by atoms with Gasteiger partial charge in [0.2, 0.25) is 5.91 Å². The van der Waals surface area contributed by atoms with Gasteiger partial charge in [-0.1, -0.05) is 36.4 Å². The number of pyridine rings is 1. The molecule has 0 unspecified atom stereocenters. The third-order valence-electron chi connectivity index (χ3n) is 4.53. The zero-order valence-corrected chi connectivity index (χ0v) is 15.6. The van der Waals surface area contributed by atoms with Gasteiger partial charge in [-0.2, -0.15) is 0 Å². The Morgan fingerprint density at radius 2 is 1.86 bits per heavy atom. The van der Waals surface area contributed by atoms with Crippen LogP contribution >= 0.6 is 0 Å². The lowest BCUT2D eigenvalue weighted by Crippen LogP contribution is -2.38. The Morgan fingerprint density at radius 3 is 2.52 bits per heavy atom. The minimum atomic E-state index is -1.10. The van der Waals surface area contributed by atoms with E-state index >= 15 is 0 Å².